The molecule has 0 aliphatic heterocycles. The highest BCUT2D eigenvalue weighted by molar-refractivity contribution is 9.09. The first-order valence-electron chi connectivity index (χ1n) is 8.28. The van der Waals surface area contributed by atoms with Crippen LogP contribution in [0.15, 0.2) is 24.3 Å². The normalized spacial score (nSPS) is 14.7. The minimum atomic E-state index is -0.288. The zero-order valence-electron chi connectivity index (χ0n) is 13.3. The molecule has 0 bridgehead atoms. The zero-order valence-corrected chi connectivity index (χ0v) is 14.8. The minimum Gasteiger partial charge on any atom is -0.423 e. The fourth-order valence-corrected chi connectivity index (χ4v) is 3.08. The van der Waals surface area contributed by atoms with Crippen molar-refractivity contribution in [1.82, 2.24) is 0 Å². The predicted molar refractivity (Wildman–Crippen MR) is 91.9 cm³/mol. The van der Waals surface area contributed by atoms with Crippen LogP contribution in [0.2, 0.25) is 0 Å². The van der Waals surface area contributed by atoms with Gasteiger partial charge in [-0.1, -0.05) is 47.3 Å². The summed E-state index contributed by atoms with van der Waals surface area (Å²) in [7, 11) is 0. The molecule has 1 aliphatic rings. The molecule has 1 fully saturated rings. The summed E-state index contributed by atoms with van der Waals surface area (Å²) < 4.78 is 10.8. The van der Waals surface area contributed by atoms with Gasteiger partial charge in [-0.25, -0.2) is 0 Å². The molecule has 0 heterocycles. The van der Waals surface area contributed by atoms with Crippen molar-refractivity contribution in [1.29, 1.82) is 0 Å². The largest absolute Gasteiger partial charge is 0.423 e. The molecular weight excluding hydrogens is 360 g/mol. The standard InChI is InChI=1S/C18H23BrO4/c19-13-7-1-2-12-17(20)22-15-10-5-6-11-16(15)23-18(21)14-8-3-4-9-14/h5-6,10-11,14H,1-4,7-9,12-13H2. The Bertz CT molecular complexity index is 524. The Hall–Kier alpha value is -1.36. The molecule has 0 radical (unpaired) electrons. The first kappa shape index (κ1) is 18.0. The van der Waals surface area contributed by atoms with Gasteiger partial charge in [0.05, 0.1) is 5.92 Å². The van der Waals surface area contributed by atoms with Crippen molar-refractivity contribution in [2.24, 2.45) is 5.92 Å². The lowest BCUT2D eigenvalue weighted by molar-refractivity contribution is -0.140. The number of hydrogen-bond donors (Lipinski definition) is 0. The molecule has 0 N–H and O–H groups in total. The number of ether oxygens (including phenoxy) is 2. The van der Waals surface area contributed by atoms with Crippen LogP contribution in [0.4, 0.5) is 0 Å². The second-order valence-corrected chi connectivity index (χ2v) is 6.62. The van der Waals surface area contributed by atoms with Gasteiger partial charge >= 0.3 is 11.9 Å². The first-order chi connectivity index (χ1) is 11.2. The Kier molecular flexibility index (Phi) is 7.59. The first-order valence-corrected chi connectivity index (χ1v) is 9.40. The van der Waals surface area contributed by atoms with Gasteiger partial charge in [0.25, 0.3) is 0 Å². The van der Waals surface area contributed by atoms with Crippen molar-refractivity contribution >= 4 is 27.9 Å². The number of esters is 2. The molecule has 0 atom stereocenters. The van der Waals surface area contributed by atoms with Gasteiger partial charge in [0, 0.05) is 11.8 Å². The summed E-state index contributed by atoms with van der Waals surface area (Å²) in [6.45, 7) is 0. The van der Waals surface area contributed by atoms with E-state index < -0.39 is 0 Å². The van der Waals surface area contributed by atoms with Crippen LogP contribution in [0.25, 0.3) is 0 Å². The summed E-state index contributed by atoms with van der Waals surface area (Å²) in [5.41, 5.74) is 0. The van der Waals surface area contributed by atoms with Gasteiger partial charge in [0.1, 0.15) is 0 Å². The van der Waals surface area contributed by atoms with E-state index in [4.69, 9.17) is 9.47 Å². The average molecular weight is 383 g/mol. The molecular formula is C18H23BrO4. The van der Waals surface area contributed by atoms with Gasteiger partial charge in [-0.05, 0) is 37.8 Å². The molecule has 2 rings (SSSR count). The van der Waals surface area contributed by atoms with Crippen LogP contribution < -0.4 is 9.47 Å². The maximum atomic E-state index is 12.1. The maximum absolute atomic E-state index is 12.1. The second kappa shape index (κ2) is 9.71. The van der Waals surface area contributed by atoms with Crippen LogP contribution in [-0.2, 0) is 9.59 Å². The number of alkyl halides is 1. The second-order valence-electron chi connectivity index (χ2n) is 5.82. The van der Waals surface area contributed by atoms with E-state index in [1.54, 1.807) is 24.3 Å². The van der Waals surface area contributed by atoms with E-state index in [0.29, 0.717) is 17.9 Å². The summed E-state index contributed by atoms with van der Waals surface area (Å²) in [4.78, 5) is 24.0. The van der Waals surface area contributed by atoms with E-state index in [2.05, 4.69) is 15.9 Å². The molecule has 0 spiro atoms. The van der Waals surface area contributed by atoms with Crippen LogP contribution >= 0.6 is 15.9 Å². The van der Waals surface area contributed by atoms with Crippen molar-refractivity contribution in [3.63, 3.8) is 0 Å². The lowest BCUT2D eigenvalue weighted by Crippen LogP contribution is -2.18. The fourth-order valence-electron chi connectivity index (χ4n) is 2.69. The number of hydrogen-bond acceptors (Lipinski definition) is 4. The van der Waals surface area contributed by atoms with Crippen LogP contribution in [0, 0.1) is 5.92 Å². The van der Waals surface area contributed by atoms with Crippen LogP contribution in [-0.4, -0.2) is 17.3 Å². The van der Waals surface area contributed by atoms with E-state index in [0.717, 1.165) is 50.3 Å². The fraction of sp³-hybridized carbons (Fsp3) is 0.556. The highest BCUT2D eigenvalue weighted by Crippen LogP contribution is 2.31. The third-order valence-electron chi connectivity index (χ3n) is 3.99. The number of halogens is 1. The number of para-hydroxylation sites is 2. The number of carbonyl (C=O) groups is 2. The SMILES string of the molecule is O=C(CCCCCBr)Oc1ccccc1OC(=O)C1CCCC1. The Balaban J connectivity index is 1.89. The molecule has 4 nitrogen and oxygen atoms in total. The Morgan fingerprint density at radius 1 is 1.00 bits per heavy atom. The maximum Gasteiger partial charge on any atom is 0.314 e. The van der Waals surface area contributed by atoms with Crippen molar-refractivity contribution in [3.05, 3.63) is 24.3 Å². The third-order valence-corrected chi connectivity index (χ3v) is 4.55. The molecule has 0 unspecified atom stereocenters. The number of benzene rings is 1. The number of unbranched alkanes of at least 4 members (excludes halogenated alkanes) is 2. The molecule has 1 aromatic carbocycles. The van der Waals surface area contributed by atoms with Crippen molar-refractivity contribution in [3.8, 4) is 11.5 Å². The van der Waals surface area contributed by atoms with E-state index in [1.165, 1.54) is 0 Å². The highest BCUT2D eigenvalue weighted by atomic mass is 79.9. The molecule has 0 aromatic heterocycles. The summed E-state index contributed by atoms with van der Waals surface area (Å²) in [6, 6.07) is 6.86. The summed E-state index contributed by atoms with van der Waals surface area (Å²) in [5.74, 6) is 0.123. The summed E-state index contributed by atoms with van der Waals surface area (Å²) in [5, 5.41) is 0.946. The number of carbonyl (C=O) groups excluding carboxylic acids is 2. The van der Waals surface area contributed by atoms with Crippen molar-refractivity contribution < 1.29 is 19.1 Å². The Morgan fingerprint density at radius 3 is 2.30 bits per heavy atom. The van der Waals surface area contributed by atoms with E-state index in [1.807, 2.05) is 0 Å². The highest BCUT2D eigenvalue weighted by Gasteiger charge is 2.25. The van der Waals surface area contributed by atoms with E-state index >= 15 is 0 Å². The Labute approximate surface area is 145 Å². The van der Waals surface area contributed by atoms with Crippen LogP contribution in [0.1, 0.15) is 51.4 Å². The summed E-state index contributed by atoms with van der Waals surface area (Å²) in [6.07, 6.45) is 7.12. The third kappa shape index (κ3) is 5.98. The lowest BCUT2D eigenvalue weighted by atomic mass is 10.1. The van der Waals surface area contributed by atoms with Crippen LogP contribution in [0.5, 0.6) is 11.5 Å². The predicted octanol–water partition coefficient (Wildman–Crippen LogP) is 4.64. The average Bonchev–Trinajstić information content (AvgIpc) is 3.08. The molecule has 23 heavy (non-hydrogen) atoms. The molecule has 1 saturated carbocycles. The van der Waals surface area contributed by atoms with Crippen molar-refractivity contribution in [2.75, 3.05) is 5.33 Å². The molecule has 126 valence electrons. The van der Waals surface area contributed by atoms with Gasteiger partial charge in [0.15, 0.2) is 11.5 Å². The minimum absolute atomic E-state index is 0.0250. The Morgan fingerprint density at radius 2 is 1.65 bits per heavy atom. The van der Waals surface area contributed by atoms with Crippen molar-refractivity contribution in [2.45, 2.75) is 51.4 Å². The van der Waals surface area contributed by atoms with Gasteiger partial charge in [-0.2, -0.15) is 0 Å². The molecule has 0 amide bonds. The van der Waals surface area contributed by atoms with Crippen LogP contribution in [0.3, 0.4) is 0 Å². The van der Waals surface area contributed by atoms with Gasteiger partial charge in [0.2, 0.25) is 0 Å². The van der Waals surface area contributed by atoms with Gasteiger partial charge < -0.3 is 9.47 Å². The zero-order chi connectivity index (χ0) is 16.5. The smallest absolute Gasteiger partial charge is 0.314 e. The molecule has 1 aliphatic carbocycles. The molecule has 1 aromatic rings. The van der Waals surface area contributed by atoms with E-state index in [9.17, 15) is 9.59 Å². The molecule has 0 saturated heterocycles. The lowest BCUT2D eigenvalue weighted by Gasteiger charge is -2.12. The summed E-state index contributed by atoms with van der Waals surface area (Å²) >= 11 is 3.37. The van der Waals surface area contributed by atoms with Gasteiger partial charge in [-0.3, -0.25) is 9.59 Å². The molecule has 5 heteroatoms. The topological polar surface area (TPSA) is 52.6 Å². The van der Waals surface area contributed by atoms with E-state index in [-0.39, 0.29) is 17.9 Å². The number of rotatable bonds is 8. The quantitative estimate of drug-likeness (QED) is 0.284. The monoisotopic (exact) mass is 382 g/mol. The van der Waals surface area contributed by atoms with Gasteiger partial charge in [-0.15, -0.1) is 0 Å².